The minimum Gasteiger partial charge on any atom is -0.333 e. The van der Waals surface area contributed by atoms with Gasteiger partial charge in [0.15, 0.2) is 0 Å². The van der Waals surface area contributed by atoms with E-state index in [1.54, 1.807) is 4.57 Å². The normalized spacial score (nSPS) is 15.2. The Morgan fingerprint density at radius 2 is 1.82 bits per heavy atom. The molecule has 0 spiro atoms. The molecule has 34 heavy (non-hydrogen) atoms. The van der Waals surface area contributed by atoms with E-state index in [0.29, 0.717) is 41.5 Å². The second-order valence-electron chi connectivity index (χ2n) is 10.3. The monoisotopic (exact) mass is 459 g/mol. The number of carbonyl (C=O) groups excluding carboxylic acids is 1. The number of rotatable bonds is 8. The van der Waals surface area contributed by atoms with Gasteiger partial charge in [-0.25, -0.2) is 4.98 Å². The highest BCUT2D eigenvalue weighted by Crippen LogP contribution is 2.30. The molecule has 3 aromatic rings. The molecule has 1 amide bonds. The molecule has 4 rings (SSSR count). The van der Waals surface area contributed by atoms with Crippen molar-refractivity contribution in [1.82, 2.24) is 14.5 Å². The summed E-state index contributed by atoms with van der Waals surface area (Å²) < 4.78 is 1.71. The van der Waals surface area contributed by atoms with Crippen molar-refractivity contribution in [2.45, 2.75) is 72.3 Å². The van der Waals surface area contributed by atoms with Crippen LogP contribution in [-0.4, -0.2) is 26.9 Å². The van der Waals surface area contributed by atoms with E-state index < -0.39 is 0 Å². The van der Waals surface area contributed by atoms with Crippen LogP contribution in [0.15, 0.2) is 53.3 Å². The lowest BCUT2D eigenvalue weighted by Gasteiger charge is -2.32. The van der Waals surface area contributed by atoms with Gasteiger partial charge in [0.25, 0.3) is 5.56 Å². The molecule has 1 aromatic heterocycles. The summed E-state index contributed by atoms with van der Waals surface area (Å²) in [7, 11) is 0. The molecule has 1 saturated carbocycles. The maximum Gasteiger partial charge on any atom is 0.266 e. The number of fused-ring (bicyclic) bond motifs is 1. The van der Waals surface area contributed by atoms with Crippen molar-refractivity contribution in [1.29, 1.82) is 0 Å². The molecular weight excluding hydrogens is 422 g/mol. The van der Waals surface area contributed by atoms with E-state index in [9.17, 15) is 9.59 Å². The Morgan fingerprint density at radius 1 is 1.09 bits per heavy atom. The number of carbonyl (C=O) groups is 1. The van der Waals surface area contributed by atoms with Crippen LogP contribution >= 0.6 is 0 Å². The molecule has 0 radical (unpaired) electrons. The Morgan fingerprint density at radius 3 is 2.53 bits per heavy atom. The summed E-state index contributed by atoms with van der Waals surface area (Å²) in [6, 6.07) is 15.1. The number of hydrogen-bond acceptors (Lipinski definition) is 3. The van der Waals surface area contributed by atoms with E-state index in [4.69, 9.17) is 4.98 Å². The molecule has 0 aliphatic heterocycles. The molecule has 1 unspecified atom stereocenters. The molecular formula is C29H37N3O2. The van der Waals surface area contributed by atoms with Gasteiger partial charge in [-0.2, -0.15) is 0 Å². The number of hydrogen-bond donors (Lipinski definition) is 0. The van der Waals surface area contributed by atoms with E-state index in [1.807, 2.05) is 67.3 Å². The van der Waals surface area contributed by atoms with Crippen molar-refractivity contribution in [3.63, 3.8) is 0 Å². The highest BCUT2D eigenvalue weighted by Gasteiger charge is 2.28. The van der Waals surface area contributed by atoms with Crippen LogP contribution in [0.2, 0.25) is 0 Å². The van der Waals surface area contributed by atoms with Gasteiger partial charge in [0.05, 0.1) is 22.6 Å². The molecule has 5 nitrogen and oxygen atoms in total. The lowest BCUT2D eigenvalue weighted by molar-refractivity contribution is -0.134. The van der Waals surface area contributed by atoms with E-state index >= 15 is 0 Å². The Hall–Kier alpha value is -2.95. The number of aromatic nitrogens is 2. The molecule has 5 heteroatoms. The van der Waals surface area contributed by atoms with Crippen LogP contribution in [0.4, 0.5) is 0 Å². The van der Waals surface area contributed by atoms with E-state index in [-0.39, 0.29) is 17.5 Å². The zero-order chi connectivity index (χ0) is 24.2. The van der Waals surface area contributed by atoms with Crippen molar-refractivity contribution in [3.05, 3.63) is 70.3 Å². The van der Waals surface area contributed by atoms with Gasteiger partial charge in [0.2, 0.25) is 5.91 Å². The highest BCUT2D eigenvalue weighted by atomic mass is 16.2. The van der Waals surface area contributed by atoms with Crippen molar-refractivity contribution < 1.29 is 4.79 Å². The summed E-state index contributed by atoms with van der Waals surface area (Å²) in [6.07, 6.45) is 6.57. The van der Waals surface area contributed by atoms with Crippen molar-refractivity contribution >= 4 is 16.8 Å². The molecule has 1 aliphatic carbocycles. The molecule has 0 N–H and O–H groups in total. The maximum absolute atomic E-state index is 13.7. The largest absolute Gasteiger partial charge is 0.333 e. The molecule has 1 heterocycles. The van der Waals surface area contributed by atoms with Crippen LogP contribution in [0, 0.1) is 18.8 Å². The van der Waals surface area contributed by atoms with E-state index in [0.717, 1.165) is 17.7 Å². The van der Waals surface area contributed by atoms with Crippen molar-refractivity contribution in [2.75, 3.05) is 6.54 Å². The molecule has 1 aliphatic rings. The Kier molecular flexibility index (Phi) is 7.50. The fraction of sp³-hybridized carbons (Fsp3) is 0.483. The summed E-state index contributed by atoms with van der Waals surface area (Å²) in [5, 5.41) is 0.586. The molecule has 0 saturated heterocycles. The SMILES string of the molecule is Cc1cccc(-n2c(C(C)N(CC(C)C)C(=O)CCC3CCCC3)nc3ccccc3c2=O)c1. The second-order valence-corrected chi connectivity index (χ2v) is 10.3. The van der Waals surface area contributed by atoms with Crippen molar-refractivity contribution in [2.24, 2.45) is 11.8 Å². The first-order chi connectivity index (χ1) is 16.3. The quantitative estimate of drug-likeness (QED) is 0.402. The van der Waals surface area contributed by atoms with Gasteiger partial charge in [-0.3, -0.25) is 14.2 Å². The lowest BCUT2D eigenvalue weighted by Crippen LogP contribution is -2.39. The van der Waals surface area contributed by atoms with Crippen LogP contribution < -0.4 is 5.56 Å². The molecule has 180 valence electrons. The van der Waals surface area contributed by atoms with Gasteiger partial charge in [0, 0.05) is 13.0 Å². The van der Waals surface area contributed by atoms with Crippen LogP contribution in [0.5, 0.6) is 0 Å². The lowest BCUT2D eigenvalue weighted by atomic mass is 10.0. The van der Waals surface area contributed by atoms with Gasteiger partial charge in [0.1, 0.15) is 5.82 Å². The fourth-order valence-electron chi connectivity index (χ4n) is 5.23. The first-order valence-electron chi connectivity index (χ1n) is 12.7. The zero-order valence-corrected chi connectivity index (χ0v) is 21.0. The van der Waals surface area contributed by atoms with Gasteiger partial charge < -0.3 is 4.90 Å². The third-order valence-electron chi connectivity index (χ3n) is 7.03. The smallest absolute Gasteiger partial charge is 0.266 e. The third-order valence-corrected chi connectivity index (χ3v) is 7.03. The number of nitrogens with zero attached hydrogens (tertiary/aromatic N) is 3. The van der Waals surface area contributed by atoms with Crippen LogP contribution in [0.1, 0.15) is 76.7 Å². The highest BCUT2D eigenvalue weighted by molar-refractivity contribution is 5.79. The summed E-state index contributed by atoms with van der Waals surface area (Å²) >= 11 is 0. The topological polar surface area (TPSA) is 55.2 Å². The van der Waals surface area contributed by atoms with Crippen LogP contribution in [0.25, 0.3) is 16.6 Å². The number of benzene rings is 2. The van der Waals surface area contributed by atoms with Gasteiger partial charge >= 0.3 is 0 Å². The minimum absolute atomic E-state index is 0.0963. The first kappa shape index (κ1) is 24.2. The standard InChI is InChI=1S/C29H37N3O2/c1-20(2)19-31(27(33)17-16-23-11-5-6-12-23)22(4)28-30-26-15-8-7-14-25(26)29(34)32(28)24-13-9-10-21(3)18-24/h7-10,13-15,18,20,22-23H,5-6,11-12,16-17,19H2,1-4H3. The molecule has 2 aromatic carbocycles. The summed E-state index contributed by atoms with van der Waals surface area (Å²) in [5.41, 5.74) is 2.43. The minimum atomic E-state index is -0.323. The van der Waals surface area contributed by atoms with Crippen molar-refractivity contribution in [3.8, 4) is 5.69 Å². The van der Waals surface area contributed by atoms with Gasteiger partial charge in [-0.15, -0.1) is 0 Å². The van der Waals surface area contributed by atoms with Crippen LogP contribution in [0.3, 0.4) is 0 Å². The number of aryl methyl sites for hydroxylation is 1. The average molecular weight is 460 g/mol. The predicted molar refractivity (Wildman–Crippen MR) is 138 cm³/mol. The Labute approximate surface area is 202 Å². The summed E-state index contributed by atoms with van der Waals surface area (Å²) in [4.78, 5) is 34.1. The summed E-state index contributed by atoms with van der Waals surface area (Å²) in [6.45, 7) is 8.93. The summed E-state index contributed by atoms with van der Waals surface area (Å²) in [5.74, 6) is 1.76. The second kappa shape index (κ2) is 10.5. The van der Waals surface area contributed by atoms with Gasteiger partial charge in [-0.1, -0.05) is 63.8 Å². The molecule has 1 atom stereocenters. The third kappa shape index (κ3) is 5.24. The molecule has 1 fully saturated rings. The average Bonchev–Trinajstić information content (AvgIpc) is 3.34. The zero-order valence-electron chi connectivity index (χ0n) is 21.0. The molecule has 0 bridgehead atoms. The van der Waals surface area contributed by atoms with E-state index in [1.165, 1.54) is 25.7 Å². The Bertz CT molecular complexity index is 1210. The predicted octanol–water partition coefficient (Wildman–Crippen LogP) is 6.21. The maximum atomic E-state index is 13.7. The fourth-order valence-corrected chi connectivity index (χ4v) is 5.23. The van der Waals surface area contributed by atoms with Crippen LogP contribution in [-0.2, 0) is 4.79 Å². The van der Waals surface area contributed by atoms with Gasteiger partial charge in [-0.05, 0) is 61.9 Å². The van der Waals surface area contributed by atoms with E-state index in [2.05, 4.69) is 13.8 Å². The Balaban J connectivity index is 1.77. The number of para-hydroxylation sites is 1. The number of amides is 1. The first-order valence-corrected chi connectivity index (χ1v) is 12.7.